The Balaban J connectivity index is 1.03. The van der Waals surface area contributed by atoms with E-state index in [0.717, 1.165) is 70.0 Å². The molecule has 0 aromatic rings. The van der Waals surface area contributed by atoms with E-state index < -0.39 is 0 Å². The summed E-state index contributed by atoms with van der Waals surface area (Å²) in [5, 5.41) is 12.6. The lowest BCUT2D eigenvalue weighted by Gasteiger charge is -2.31. The highest BCUT2D eigenvalue weighted by Crippen LogP contribution is 2.33. The number of carbonyl (C=O) groups excluding carboxylic acids is 5. The van der Waals surface area contributed by atoms with Crippen LogP contribution in [0.2, 0.25) is 0 Å². The van der Waals surface area contributed by atoms with Gasteiger partial charge in [0.15, 0.2) is 0 Å². The van der Waals surface area contributed by atoms with Crippen LogP contribution in [0.3, 0.4) is 0 Å². The summed E-state index contributed by atoms with van der Waals surface area (Å²) < 4.78 is 0. The molecular formula is C28H43N5O5S. The summed E-state index contributed by atoms with van der Waals surface area (Å²) in [5.41, 5.74) is 0. The van der Waals surface area contributed by atoms with Crippen molar-refractivity contribution in [2.45, 2.75) is 101 Å². The van der Waals surface area contributed by atoms with Gasteiger partial charge < -0.3 is 21.3 Å². The molecule has 4 rings (SSSR count). The first-order valence-corrected chi connectivity index (χ1v) is 15.7. The second kappa shape index (κ2) is 14.2. The van der Waals surface area contributed by atoms with Gasteiger partial charge in [0.2, 0.25) is 11.8 Å². The van der Waals surface area contributed by atoms with E-state index in [9.17, 15) is 24.0 Å². The maximum absolute atomic E-state index is 12.8. The van der Waals surface area contributed by atoms with Crippen LogP contribution in [-0.4, -0.2) is 76.8 Å². The third-order valence-electron chi connectivity index (χ3n) is 8.53. The van der Waals surface area contributed by atoms with Gasteiger partial charge in [0.25, 0.3) is 11.8 Å². The van der Waals surface area contributed by atoms with E-state index in [0.29, 0.717) is 24.8 Å². The molecule has 3 aliphatic heterocycles. The smallest absolute Gasteiger partial charge is 0.315 e. The van der Waals surface area contributed by atoms with Gasteiger partial charge in [-0.3, -0.25) is 24.1 Å². The van der Waals surface area contributed by atoms with E-state index in [1.807, 2.05) is 11.8 Å². The highest BCUT2D eigenvalue weighted by atomic mass is 32.2. The van der Waals surface area contributed by atoms with Crippen LogP contribution in [-0.2, 0) is 19.2 Å². The summed E-state index contributed by atoms with van der Waals surface area (Å²) in [5.74, 6) is 0.887. The van der Waals surface area contributed by atoms with Crippen molar-refractivity contribution in [3.05, 3.63) is 12.2 Å². The standard InChI is InChI=1S/C28H43N5O5S/c1-2-20(30-27(37)19-11-9-18(10-12-19)16-33-24(35)13-14-25(33)36)6-5-15-29-23(34)8-4-3-7-22-26-21(17-39-22)31-28(38)32-26/h13-14,18-22,26H,2-12,15-17H2,1H3,(H,29,34)(H,30,37)(H2,31,32,38)/t18?,19?,20?,21-,22-,26-/m1/s1. The van der Waals surface area contributed by atoms with Crippen molar-refractivity contribution in [2.75, 3.05) is 18.8 Å². The van der Waals surface area contributed by atoms with Crippen LogP contribution < -0.4 is 21.3 Å². The molecule has 2 saturated heterocycles. The quantitative estimate of drug-likeness (QED) is 0.146. The molecule has 0 aromatic heterocycles. The molecule has 0 bridgehead atoms. The summed E-state index contributed by atoms with van der Waals surface area (Å²) in [7, 11) is 0. The van der Waals surface area contributed by atoms with Crippen molar-refractivity contribution in [1.82, 2.24) is 26.2 Å². The van der Waals surface area contributed by atoms with E-state index in [2.05, 4.69) is 28.2 Å². The molecule has 3 heterocycles. The number of fused-ring (bicyclic) bond motifs is 1. The van der Waals surface area contributed by atoms with E-state index in [1.54, 1.807) is 0 Å². The molecule has 0 aromatic carbocycles. The third kappa shape index (κ3) is 8.22. The van der Waals surface area contributed by atoms with Gasteiger partial charge in [0.05, 0.1) is 12.1 Å². The predicted octanol–water partition coefficient (Wildman–Crippen LogP) is 2.23. The number of hydrogen-bond donors (Lipinski definition) is 4. The van der Waals surface area contributed by atoms with Crippen LogP contribution in [0.5, 0.6) is 0 Å². The van der Waals surface area contributed by atoms with E-state index in [1.165, 1.54) is 17.1 Å². The monoisotopic (exact) mass is 561 g/mol. The molecule has 4 atom stereocenters. The van der Waals surface area contributed by atoms with Crippen LogP contribution in [0, 0.1) is 11.8 Å². The van der Waals surface area contributed by atoms with Crippen molar-refractivity contribution in [3.8, 4) is 0 Å². The third-order valence-corrected chi connectivity index (χ3v) is 10.0. The first-order chi connectivity index (χ1) is 18.8. The largest absolute Gasteiger partial charge is 0.356 e. The summed E-state index contributed by atoms with van der Waals surface area (Å²) in [6.45, 7) is 3.12. The Morgan fingerprint density at radius 3 is 2.51 bits per heavy atom. The fraction of sp³-hybridized carbons (Fsp3) is 0.750. The number of thioether (sulfide) groups is 1. The molecule has 10 nitrogen and oxygen atoms in total. The number of amides is 6. The Morgan fingerprint density at radius 1 is 1.05 bits per heavy atom. The summed E-state index contributed by atoms with van der Waals surface area (Å²) in [4.78, 5) is 61.5. The predicted molar refractivity (Wildman–Crippen MR) is 150 cm³/mol. The van der Waals surface area contributed by atoms with Gasteiger partial charge in [-0.25, -0.2) is 4.79 Å². The Labute approximate surface area is 235 Å². The molecule has 4 aliphatic rings. The highest BCUT2D eigenvalue weighted by Gasteiger charge is 2.42. The average molecular weight is 562 g/mol. The maximum atomic E-state index is 12.8. The van der Waals surface area contributed by atoms with Gasteiger partial charge in [-0.2, -0.15) is 11.8 Å². The topological polar surface area (TPSA) is 137 Å². The minimum absolute atomic E-state index is 0.0205. The summed E-state index contributed by atoms with van der Waals surface area (Å²) in [6, 6.07) is 0.491. The molecule has 0 radical (unpaired) electrons. The molecule has 39 heavy (non-hydrogen) atoms. The number of carbonyl (C=O) groups is 5. The number of hydrogen-bond acceptors (Lipinski definition) is 6. The van der Waals surface area contributed by atoms with Gasteiger partial charge in [0, 0.05) is 54.6 Å². The Morgan fingerprint density at radius 2 is 1.79 bits per heavy atom. The van der Waals surface area contributed by atoms with Gasteiger partial charge in [-0.15, -0.1) is 0 Å². The number of nitrogens with one attached hydrogen (secondary N) is 4. The molecule has 3 fully saturated rings. The first kappa shape index (κ1) is 29.4. The highest BCUT2D eigenvalue weighted by molar-refractivity contribution is 8.00. The van der Waals surface area contributed by atoms with Gasteiger partial charge in [-0.05, 0) is 63.7 Å². The number of rotatable bonds is 14. The molecular weight excluding hydrogens is 518 g/mol. The lowest BCUT2D eigenvalue weighted by atomic mass is 9.81. The minimum Gasteiger partial charge on any atom is -0.356 e. The van der Waals surface area contributed by atoms with Crippen LogP contribution in [0.4, 0.5) is 4.79 Å². The van der Waals surface area contributed by atoms with E-state index in [4.69, 9.17) is 0 Å². The summed E-state index contributed by atoms with van der Waals surface area (Å²) >= 11 is 1.90. The molecule has 0 spiro atoms. The zero-order valence-electron chi connectivity index (χ0n) is 22.9. The van der Waals surface area contributed by atoms with Gasteiger partial charge >= 0.3 is 6.03 Å². The lowest BCUT2D eigenvalue weighted by Crippen LogP contribution is -2.41. The fourth-order valence-corrected chi connectivity index (χ4v) is 7.66. The number of imide groups is 1. The second-order valence-electron chi connectivity index (χ2n) is 11.3. The van der Waals surface area contributed by atoms with Crippen LogP contribution in [0.25, 0.3) is 0 Å². The first-order valence-electron chi connectivity index (χ1n) is 14.6. The zero-order chi connectivity index (χ0) is 27.8. The SMILES string of the molecule is CCC(CCCNC(=O)CCCC[C@H]1SC[C@H]2NC(=O)N[C@H]21)NC(=O)C1CCC(CN2C(=O)C=CC2=O)CC1. The van der Waals surface area contributed by atoms with Crippen LogP contribution >= 0.6 is 11.8 Å². The number of unbranched alkanes of at least 4 members (excludes halogenated alkanes) is 1. The van der Waals surface area contributed by atoms with Gasteiger partial charge in [0.1, 0.15) is 0 Å². The minimum atomic E-state index is -0.238. The van der Waals surface area contributed by atoms with E-state index >= 15 is 0 Å². The van der Waals surface area contributed by atoms with Crippen molar-refractivity contribution in [3.63, 3.8) is 0 Å². The molecule has 1 saturated carbocycles. The molecule has 11 heteroatoms. The fourth-order valence-electron chi connectivity index (χ4n) is 6.11. The zero-order valence-corrected chi connectivity index (χ0v) is 23.7. The van der Waals surface area contributed by atoms with Crippen molar-refractivity contribution in [1.29, 1.82) is 0 Å². The lowest BCUT2D eigenvalue weighted by molar-refractivity contribution is -0.138. The molecule has 216 valence electrons. The van der Waals surface area contributed by atoms with Crippen molar-refractivity contribution in [2.24, 2.45) is 11.8 Å². The maximum Gasteiger partial charge on any atom is 0.315 e. The van der Waals surface area contributed by atoms with Crippen molar-refractivity contribution >= 4 is 41.4 Å². The molecule has 1 aliphatic carbocycles. The average Bonchev–Trinajstić information content (AvgIpc) is 3.58. The molecule has 4 N–H and O–H groups in total. The number of nitrogens with zero attached hydrogens (tertiary/aromatic N) is 1. The second-order valence-corrected chi connectivity index (χ2v) is 12.6. The van der Waals surface area contributed by atoms with E-state index in [-0.39, 0.29) is 59.6 Å². The molecule has 6 amide bonds. The Bertz CT molecular complexity index is 933. The number of urea groups is 1. The Kier molecular flexibility index (Phi) is 10.7. The van der Waals surface area contributed by atoms with Crippen LogP contribution in [0.15, 0.2) is 12.2 Å². The molecule has 1 unspecified atom stereocenters. The van der Waals surface area contributed by atoms with Crippen molar-refractivity contribution < 1.29 is 24.0 Å². The van der Waals surface area contributed by atoms with Crippen LogP contribution in [0.1, 0.15) is 77.6 Å². The van der Waals surface area contributed by atoms with Gasteiger partial charge in [-0.1, -0.05) is 13.3 Å². The summed E-state index contributed by atoms with van der Waals surface area (Å²) in [6.07, 6.45) is 11.7. The normalized spacial score (nSPS) is 28.7. The Hall–Kier alpha value is -2.56.